The van der Waals surface area contributed by atoms with Crippen molar-refractivity contribution in [3.8, 4) is 17.4 Å². The molecule has 4 aromatic rings. The highest BCUT2D eigenvalue weighted by molar-refractivity contribution is 9.10. The topological polar surface area (TPSA) is 73.8 Å². The lowest BCUT2D eigenvalue weighted by molar-refractivity contribution is 0.513. The molecule has 0 unspecified atom stereocenters. The third kappa shape index (κ3) is 2.75. The van der Waals surface area contributed by atoms with Crippen LogP contribution in [0, 0.1) is 6.92 Å². The van der Waals surface area contributed by atoms with Gasteiger partial charge in [0, 0.05) is 12.3 Å². The zero-order valence-corrected chi connectivity index (χ0v) is 15.2. The Labute approximate surface area is 155 Å². The molecule has 0 N–H and O–H groups in total. The second-order valence-electron chi connectivity index (χ2n) is 5.35. The molecule has 0 fully saturated rings. The Morgan fingerprint density at radius 1 is 1.24 bits per heavy atom. The maximum absolute atomic E-state index is 12.4. The molecule has 0 bridgehead atoms. The van der Waals surface area contributed by atoms with E-state index < -0.39 is 5.63 Å². The van der Waals surface area contributed by atoms with Gasteiger partial charge in [-0.3, -0.25) is 0 Å². The fourth-order valence-electron chi connectivity index (χ4n) is 2.55. The largest absolute Gasteiger partial charge is 0.401 e. The van der Waals surface area contributed by atoms with E-state index in [1.165, 1.54) is 4.68 Å². The molecule has 0 atom stereocenters. The molecule has 3 aromatic heterocycles. The molecule has 25 heavy (non-hydrogen) atoms. The number of rotatable bonds is 2. The van der Waals surface area contributed by atoms with Crippen molar-refractivity contribution >= 4 is 38.4 Å². The molecule has 0 spiro atoms. The second kappa shape index (κ2) is 6.09. The van der Waals surface area contributed by atoms with Gasteiger partial charge in [0.2, 0.25) is 5.89 Å². The minimum Gasteiger partial charge on any atom is -0.401 e. The molecule has 0 radical (unpaired) electrons. The summed E-state index contributed by atoms with van der Waals surface area (Å²) < 4.78 is 7.46. The van der Waals surface area contributed by atoms with Crippen molar-refractivity contribution in [1.29, 1.82) is 0 Å². The first-order chi connectivity index (χ1) is 12.0. The number of benzene rings is 1. The number of hydrogen-bond donors (Lipinski definition) is 0. The molecular formula is C17H10BrClN4O2. The van der Waals surface area contributed by atoms with Gasteiger partial charge in [0.05, 0.1) is 15.9 Å². The average molecular weight is 418 g/mol. The van der Waals surface area contributed by atoms with Gasteiger partial charge >= 0.3 is 5.63 Å². The predicted molar refractivity (Wildman–Crippen MR) is 98.1 cm³/mol. The SMILES string of the molecule is Cc1cccc2c(=O)oc(-c3cc(Br)nn3-c3ncccc3Cl)nc12. The zero-order chi connectivity index (χ0) is 17.6. The van der Waals surface area contributed by atoms with E-state index in [9.17, 15) is 4.79 Å². The van der Waals surface area contributed by atoms with Gasteiger partial charge in [0.15, 0.2) is 5.82 Å². The van der Waals surface area contributed by atoms with Gasteiger partial charge in [-0.05, 0) is 46.6 Å². The van der Waals surface area contributed by atoms with Crippen LogP contribution < -0.4 is 5.63 Å². The van der Waals surface area contributed by atoms with Crippen LogP contribution in [0.2, 0.25) is 5.02 Å². The molecule has 0 amide bonds. The van der Waals surface area contributed by atoms with Crippen LogP contribution in [-0.2, 0) is 0 Å². The number of halogens is 2. The van der Waals surface area contributed by atoms with Crippen molar-refractivity contribution < 1.29 is 4.42 Å². The van der Waals surface area contributed by atoms with Gasteiger partial charge in [-0.15, -0.1) is 0 Å². The Kier molecular flexibility index (Phi) is 3.89. The van der Waals surface area contributed by atoms with E-state index in [1.54, 1.807) is 36.5 Å². The number of fused-ring (bicyclic) bond motifs is 1. The Bertz CT molecular complexity index is 1170. The third-order valence-electron chi connectivity index (χ3n) is 3.70. The van der Waals surface area contributed by atoms with Crippen LogP contribution in [-0.4, -0.2) is 19.7 Å². The molecule has 3 heterocycles. The molecular weight excluding hydrogens is 408 g/mol. The molecule has 0 aliphatic rings. The quantitative estimate of drug-likeness (QED) is 0.489. The lowest BCUT2D eigenvalue weighted by atomic mass is 10.1. The van der Waals surface area contributed by atoms with E-state index >= 15 is 0 Å². The van der Waals surface area contributed by atoms with Crippen LogP contribution >= 0.6 is 27.5 Å². The Balaban J connectivity index is 2.01. The van der Waals surface area contributed by atoms with Gasteiger partial charge in [-0.25, -0.2) is 19.4 Å². The van der Waals surface area contributed by atoms with Crippen LogP contribution in [0.5, 0.6) is 0 Å². The van der Waals surface area contributed by atoms with Gasteiger partial charge in [0.1, 0.15) is 10.3 Å². The minimum atomic E-state index is -0.459. The van der Waals surface area contributed by atoms with E-state index in [4.69, 9.17) is 16.0 Å². The number of hydrogen-bond acceptors (Lipinski definition) is 5. The van der Waals surface area contributed by atoms with Crippen molar-refractivity contribution in [2.75, 3.05) is 0 Å². The molecule has 0 aliphatic heterocycles. The lowest BCUT2D eigenvalue weighted by Gasteiger charge is -2.07. The maximum atomic E-state index is 12.4. The van der Waals surface area contributed by atoms with Gasteiger partial charge in [0.25, 0.3) is 0 Å². The summed E-state index contributed by atoms with van der Waals surface area (Å²) in [5, 5.41) is 5.18. The molecule has 4 rings (SSSR count). The highest BCUT2D eigenvalue weighted by Crippen LogP contribution is 2.27. The summed E-state index contributed by atoms with van der Waals surface area (Å²) in [4.78, 5) is 21.1. The van der Waals surface area contributed by atoms with Crippen LogP contribution in [0.4, 0.5) is 0 Å². The summed E-state index contributed by atoms with van der Waals surface area (Å²) in [6.07, 6.45) is 1.61. The van der Waals surface area contributed by atoms with Crippen molar-refractivity contribution in [2.24, 2.45) is 0 Å². The highest BCUT2D eigenvalue weighted by atomic mass is 79.9. The summed E-state index contributed by atoms with van der Waals surface area (Å²) in [5.74, 6) is 0.561. The Morgan fingerprint density at radius 3 is 2.88 bits per heavy atom. The Morgan fingerprint density at radius 2 is 2.08 bits per heavy atom. The van der Waals surface area contributed by atoms with Crippen LogP contribution in [0.15, 0.2) is 56.4 Å². The highest BCUT2D eigenvalue weighted by Gasteiger charge is 2.19. The van der Waals surface area contributed by atoms with Gasteiger partial charge in [-0.1, -0.05) is 23.7 Å². The van der Waals surface area contributed by atoms with E-state index in [0.29, 0.717) is 32.0 Å². The summed E-state index contributed by atoms with van der Waals surface area (Å²) in [7, 11) is 0. The zero-order valence-electron chi connectivity index (χ0n) is 12.9. The van der Waals surface area contributed by atoms with Crippen molar-refractivity contribution in [2.45, 2.75) is 6.92 Å². The van der Waals surface area contributed by atoms with E-state index in [0.717, 1.165) is 5.56 Å². The summed E-state index contributed by atoms with van der Waals surface area (Å²) in [6.45, 7) is 1.89. The van der Waals surface area contributed by atoms with Crippen LogP contribution in [0.25, 0.3) is 28.3 Å². The minimum absolute atomic E-state index is 0.145. The number of pyridine rings is 1. The van der Waals surface area contributed by atoms with Gasteiger partial charge in [-0.2, -0.15) is 5.10 Å². The Hall–Kier alpha value is -2.51. The maximum Gasteiger partial charge on any atom is 0.347 e. The third-order valence-corrected chi connectivity index (χ3v) is 4.38. The number of aryl methyl sites for hydroxylation is 1. The predicted octanol–water partition coefficient (Wildman–Crippen LogP) is 4.16. The fraction of sp³-hybridized carbons (Fsp3) is 0.0588. The fourth-order valence-corrected chi connectivity index (χ4v) is 3.13. The summed E-state index contributed by atoms with van der Waals surface area (Å²) in [6, 6.07) is 10.5. The lowest BCUT2D eigenvalue weighted by Crippen LogP contribution is -2.07. The standard InChI is InChI=1S/C17H10BrClN4O2/c1-9-4-2-5-10-14(9)21-16(25-17(10)24)12-8-13(18)22-23(12)15-11(19)6-3-7-20-15/h2-8H,1H3. The molecule has 6 nitrogen and oxygen atoms in total. The molecule has 0 saturated heterocycles. The smallest absolute Gasteiger partial charge is 0.347 e. The molecule has 124 valence electrons. The number of aromatic nitrogens is 4. The number of nitrogens with zero attached hydrogens (tertiary/aromatic N) is 4. The first-order valence-corrected chi connectivity index (χ1v) is 8.49. The van der Waals surface area contributed by atoms with Crippen LogP contribution in [0.3, 0.4) is 0 Å². The van der Waals surface area contributed by atoms with E-state index in [1.807, 2.05) is 13.0 Å². The van der Waals surface area contributed by atoms with Crippen molar-refractivity contribution in [3.63, 3.8) is 0 Å². The van der Waals surface area contributed by atoms with Crippen molar-refractivity contribution in [3.05, 3.63) is 68.2 Å². The van der Waals surface area contributed by atoms with E-state index in [-0.39, 0.29) is 5.89 Å². The normalized spacial score (nSPS) is 11.2. The summed E-state index contributed by atoms with van der Waals surface area (Å²) >= 11 is 9.56. The van der Waals surface area contributed by atoms with Crippen LogP contribution in [0.1, 0.15) is 5.56 Å². The molecule has 8 heteroatoms. The second-order valence-corrected chi connectivity index (χ2v) is 6.57. The number of para-hydroxylation sites is 1. The van der Waals surface area contributed by atoms with Gasteiger partial charge < -0.3 is 4.42 Å². The first kappa shape index (κ1) is 16.0. The van der Waals surface area contributed by atoms with Crippen molar-refractivity contribution in [1.82, 2.24) is 19.7 Å². The monoisotopic (exact) mass is 416 g/mol. The first-order valence-electron chi connectivity index (χ1n) is 7.32. The molecule has 1 aromatic carbocycles. The average Bonchev–Trinajstić information content (AvgIpc) is 2.98. The molecule has 0 saturated carbocycles. The van der Waals surface area contributed by atoms with E-state index in [2.05, 4.69) is 31.0 Å². The summed E-state index contributed by atoms with van der Waals surface area (Å²) in [5.41, 5.74) is 1.48. The molecule has 0 aliphatic carbocycles.